The van der Waals surface area contributed by atoms with Gasteiger partial charge in [0.25, 0.3) is 0 Å². The molecule has 0 bridgehead atoms. The van der Waals surface area contributed by atoms with Crippen LogP contribution in [0.1, 0.15) is 37.2 Å². The van der Waals surface area contributed by atoms with E-state index in [0.29, 0.717) is 12.2 Å². The lowest BCUT2D eigenvalue weighted by Crippen LogP contribution is -2.35. The highest BCUT2D eigenvalue weighted by Crippen LogP contribution is 2.42. The van der Waals surface area contributed by atoms with Gasteiger partial charge in [0, 0.05) is 35.8 Å². The van der Waals surface area contributed by atoms with Crippen molar-refractivity contribution < 1.29 is 9.90 Å². The summed E-state index contributed by atoms with van der Waals surface area (Å²) in [6, 6.07) is 5.16. The van der Waals surface area contributed by atoms with Gasteiger partial charge in [-0.05, 0) is 11.5 Å². The maximum atomic E-state index is 12.4. The number of rotatable bonds is 2. The van der Waals surface area contributed by atoms with Crippen molar-refractivity contribution in [3.05, 3.63) is 58.8 Å². The largest absolute Gasteiger partial charge is 0.477 e. The smallest absolute Gasteiger partial charge is 0.341 e. The molecule has 3 aromatic heterocycles. The second-order valence-corrected chi connectivity index (χ2v) is 7.86. The molecule has 138 valence electrons. The summed E-state index contributed by atoms with van der Waals surface area (Å²) in [6.07, 6.45) is 6.70. The van der Waals surface area contributed by atoms with E-state index in [1.165, 1.54) is 12.3 Å². The number of aromatic nitrogens is 4. The van der Waals surface area contributed by atoms with Crippen molar-refractivity contribution in [1.82, 2.24) is 19.3 Å². The average Bonchev–Trinajstić information content (AvgIpc) is 3.04. The van der Waals surface area contributed by atoms with Gasteiger partial charge in [-0.1, -0.05) is 26.8 Å². The van der Waals surface area contributed by atoms with Crippen LogP contribution in [0.4, 0.5) is 0 Å². The second-order valence-electron chi connectivity index (χ2n) is 7.86. The topological polar surface area (TPSA) is 90.0 Å². The summed E-state index contributed by atoms with van der Waals surface area (Å²) in [5.74, 6) is -1.21. The van der Waals surface area contributed by atoms with Crippen molar-refractivity contribution in [1.29, 1.82) is 0 Å². The maximum absolute atomic E-state index is 12.4. The molecule has 1 aliphatic heterocycles. The van der Waals surface area contributed by atoms with Gasteiger partial charge in [-0.2, -0.15) is 5.10 Å². The molecule has 1 aliphatic rings. The number of fused-ring (bicyclic) bond motifs is 3. The molecule has 0 radical (unpaired) electrons. The molecular formula is C20H20N4O3. The highest BCUT2D eigenvalue weighted by Gasteiger charge is 2.35. The minimum atomic E-state index is -1.21. The third-order valence-electron chi connectivity index (χ3n) is 5.05. The number of carboxylic acid groups (broad SMARTS) is 1. The molecule has 7 heteroatoms. The van der Waals surface area contributed by atoms with Gasteiger partial charge in [-0.15, -0.1) is 0 Å². The molecule has 0 saturated heterocycles. The molecule has 0 amide bonds. The number of carbonyl (C=O) groups is 1. The summed E-state index contributed by atoms with van der Waals surface area (Å²) in [5.41, 5.74) is 2.36. The summed E-state index contributed by atoms with van der Waals surface area (Å²) in [6.45, 7) is 6.87. The van der Waals surface area contributed by atoms with Gasteiger partial charge in [-0.3, -0.25) is 14.5 Å². The lowest BCUT2D eigenvalue weighted by Gasteiger charge is -2.38. The minimum Gasteiger partial charge on any atom is -0.477 e. The van der Waals surface area contributed by atoms with E-state index in [1.54, 1.807) is 18.6 Å². The van der Waals surface area contributed by atoms with Gasteiger partial charge >= 0.3 is 5.97 Å². The quantitative estimate of drug-likeness (QED) is 0.755. The Labute approximate surface area is 155 Å². The number of hydrogen-bond donors (Lipinski definition) is 1. The zero-order valence-corrected chi connectivity index (χ0v) is 15.4. The molecule has 0 saturated carbocycles. The number of aromatic carboxylic acids is 1. The van der Waals surface area contributed by atoms with Crippen molar-refractivity contribution in [3.63, 3.8) is 0 Å². The Balaban J connectivity index is 2.02. The van der Waals surface area contributed by atoms with Gasteiger partial charge in [0.05, 0.1) is 30.2 Å². The van der Waals surface area contributed by atoms with Gasteiger partial charge in [-0.25, -0.2) is 4.79 Å². The van der Waals surface area contributed by atoms with Gasteiger partial charge in [0.2, 0.25) is 0 Å². The van der Waals surface area contributed by atoms with Crippen molar-refractivity contribution in [3.8, 4) is 22.5 Å². The van der Waals surface area contributed by atoms with E-state index in [0.717, 1.165) is 16.8 Å². The van der Waals surface area contributed by atoms with Crippen molar-refractivity contribution in [2.75, 3.05) is 0 Å². The normalized spacial score (nSPS) is 15.9. The fraction of sp³-hybridized carbons (Fsp3) is 0.300. The molecule has 4 rings (SSSR count). The van der Waals surface area contributed by atoms with E-state index in [4.69, 9.17) is 0 Å². The molecule has 1 N–H and O–H groups in total. The summed E-state index contributed by atoms with van der Waals surface area (Å²) in [4.78, 5) is 28.1. The van der Waals surface area contributed by atoms with Crippen LogP contribution in [0.3, 0.4) is 0 Å². The Hall–Kier alpha value is -3.22. The van der Waals surface area contributed by atoms with Crippen LogP contribution in [0, 0.1) is 5.41 Å². The van der Waals surface area contributed by atoms with Crippen LogP contribution in [0.15, 0.2) is 47.8 Å². The maximum Gasteiger partial charge on any atom is 0.341 e. The lowest BCUT2D eigenvalue weighted by molar-refractivity contribution is 0.0693. The molecule has 7 nitrogen and oxygen atoms in total. The summed E-state index contributed by atoms with van der Waals surface area (Å²) in [7, 11) is 0. The van der Waals surface area contributed by atoms with E-state index in [1.807, 2.05) is 21.4 Å². The highest BCUT2D eigenvalue weighted by atomic mass is 16.4. The van der Waals surface area contributed by atoms with Crippen LogP contribution in [0.25, 0.3) is 22.5 Å². The number of carboxylic acids is 1. The Morgan fingerprint density at radius 3 is 2.70 bits per heavy atom. The molecule has 27 heavy (non-hydrogen) atoms. The predicted molar refractivity (Wildman–Crippen MR) is 101 cm³/mol. The molecule has 0 aliphatic carbocycles. The van der Waals surface area contributed by atoms with Crippen molar-refractivity contribution in [2.45, 2.75) is 33.4 Å². The first-order valence-corrected chi connectivity index (χ1v) is 8.73. The van der Waals surface area contributed by atoms with Crippen LogP contribution in [0.2, 0.25) is 0 Å². The van der Waals surface area contributed by atoms with Gasteiger partial charge in [0.15, 0.2) is 5.43 Å². The molecule has 0 unspecified atom stereocenters. The summed E-state index contributed by atoms with van der Waals surface area (Å²) < 4.78 is 3.81. The van der Waals surface area contributed by atoms with Crippen LogP contribution in [-0.2, 0) is 6.54 Å². The van der Waals surface area contributed by atoms with E-state index in [9.17, 15) is 14.7 Å². The van der Waals surface area contributed by atoms with E-state index in [2.05, 4.69) is 30.9 Å². The third kappa shape index (κ3) is 2.75. The van der Waals surface area contributed by atoms with Crippen LogP contribution >= 0.6 is 0 Å². The molecule has 0 aromatic carbocycles. The fourth-order valence-corrected chi connectivity index (χ4v) is 3.63. The standard InChI is InChI=1S/C20H20N4O3/c1-20(2,3)17-11-24-18(13(9-22-24)12-5-4-6-21-8-12)15-7-16(25)14(19(26)27)10-23(15)17/h4-10,17H,11H2,1-3H3,(H,26,27)/t17-/m0/s1. The van der Waals surface area contributed by atoms with Crippen molar-refractivity contribution >= 4 is 5.97 Å². The van der Waals surface area contributed by atoms with Crippen LogP contribution in [0.5, 0.6) is 0 Å². The second kappa shape index (κ2) is 5.90. The van der Waals surface area contributed by atoms with E-state index < -0.39 is 11.4 Å². The highest BCUT2D eigenvalue weighted by molar-refractivity contribution is 5.88. The molecule has 0 fully saturated rings. The Morgan fingerprint density at radius 1 is 1.30 bits per heavy atom. The molecule has 0 spiro atoms. The summed E-state index contributed by atoms with van der Waals surface area (Å²) in [5, 5.41) is 13.9. The van der Waals surface area contributed by atoms with Gasteiger partial charge in [0.1, 0.15) is 5.56 Å². The minimum absolute atomic E-state index is 0.0413. The Kier molecular flexibility index (Phi) is 3.76. The number of hydrogen-bond acceptors (Lipinski definition) is 4. The van der Waals surface area contributed by atoms with Crippen LogP contribution < -0.4 is 5.43 Å². The first kappa shape index (κ1) is 17.2. The van der Waals surface area contributed by atoms with Crippen molar-refractivity contribution in [2.24, 2.45) is 5.41 Å². The first-order valence-electron chi connectivity index (χ1n) is 8.73. The zero-order chi connectivity index (χ0) is 19.3. The zero-order valence-electron chi connectivity index (χ0n) is 15.4. The first-order chi connectivity index (χ1) is 12.8. The van der Waals surface area contributed by atoms with E-state index in [-0.39, 0.29) is 17.0 Å². The molecular weight excluding hydrogens is 344 g/mol. The Bertz CT molecular complexity index is 1090. The average molecular weight is 364 g/mol. The Morgan fingerprint density at radius 2 is 2.07 bits per heavy atom. The number of nitrogens with zero attached hydrogens (tertiary/aromatic N) is 4. The fourth-order valence-electron chi connectivity index (χ4n) is 3.63. The lowest BCUT2D eigenvalue weighted by atomic mass is 9.84. The molecule has 1 atom stereocenters. The third-order valence-corrected chi connectivity index (χ3v) is 5.05. The monoisotopic (exact) mass is 364 g/mol. The van der Waals surface area contributed by atoms with Gasteiger partial charge < -0.3 is 9.67 Å². The predicted octanol–water partition coefficient (Wildman–Crippen LogP) is 3.07. The molecule has 3 aromatic rings. The molecule has 4 heterocycles. The van der Waals surface area contributed by atoms with Crippen LogP contribution in [-0.4, -0.2) is 30.4 Å². The number of pyridine rings is 2. The SMILES string of the molecule is CC(C)(C)[C@@H]1Cn2ncc(-c3cccnc3)c2-c2cc(=O)c(C(=O)O)cn21. The summed E-state index contributed by atoms with van der Waals surface area (Å²) >= 11 is 0. The van der Waals surface area contributed by atoms with E-state index >= 15 is 0 Å².